The van der Waals surface area contributed by atoms with Crippen LogP contribution in [0.5, 0.6) is 0 Å². The molecule has 0 amide bonds. The molecule has 3 heteroatoms. The Hall–Kier alpha value is -1.64. The average molecular weight is 228 g/mol. The highest BCUT2D eigenvalue weighted by molar-refractivity contribution is 5.77. The summed E-state index contributed by atoms with van der Waals surface area (Å²) in [5, 5.41) is 0.676. The van der Waals surface area contributed by atoms with Gasteiger partial charge < -0.3 is 4.98 Å². The lowest BCUT2D eigenvalue weighted by molar-refractivity contribution is 0.589. The molecule has 1 saturated carbocycles. The lowest BCUT2D eigenvalue weighted by Crippen LogP contribution is -2.14. The van der Waals surface area contributed by atoms with Gasteiger partial charge in [-0.25, -0.2) is 4.98 Å². The summed E-state index contributed by atoms with van der Waals surface area (Å²) in [5.41, 5.74) is 0.780. The van der Waals surface area contributed by atoms with Crippen LogP contribution >= 0.6 is 0 Å². The zero-order valence-electron chi connectivity index (χ0n) is 9.94. The van der Waals surface area contributed by atoms with E-state index >= 15 is 0 Å². The Labute approximate surface area is 99.9 Å². The van der Waals surface area contributed by atoms with Crippen LogP contribution in [-0.2, 0) is 0 Å². The van der Waals surface area contributed by atoms with Crippen molar-refractivity contribution in [1.29, 1.82) is 0 Å². The van der Waals surface area contributed by atoms with Crippen molar-refractivity contribution in [3.05, 3.63) is 40.4 Å². The summed E-state index contributed by atoms with van der Waals surface area (Å²) in [5.74, 6) is 2.03. The molecule has 1 aliphatic carbocycles. The molecule has 1 aliphatic rings. The summed E-state index contributed by atoms with van der Waals surface area (Å²) in [6.45, 7) is 2.14. The molecule has 0 radical (unpaired) electrons. The Morgan fingerprint density at radius 3 is 2.94 bits per heavy atom. The second-order valence-electron chi connectivity index (χ2n) is 5.05. The van der Waals surface area contributed by atoms with Crippen LogP contribution < -0.4 is 5.56 Å². The number of hydrogen-bond acceptors (Lipinski definition) is 2. The normalized spacial score (nSPS) is 17.2. The van der Waals surface area contributed by atoms with E-state index in [1.807, 2.05) is 24.3 Å². The Bertz CT molecular complexity index is 598. The second-order valence-corrected chi connectivity index (χ2v) is 5.05. The highest BCUT2D eigenvalue weighted by atomic mass is 16.1. The molecule has 0 aliphatic heterocycles. The van der Waals surface area contributed by atoms with Gasteiger partial charge in [0.05, 0.1) is 10.9 Å². The molecule has 1 fully saturated rings. The van der Waals surface area contributed by atoms with Gasteiger partial charge in [0, 0.05) is 5.92 Å². The maximum absolute atomic E-state index is 11.9. The van der Waals surface area contributed by atoms with Crippen molar-refractivity contribution in [3.8, 4) is 0 Å². The van der Waals surface area contributed by atoms with E-state index in [4.69, 9.17) is 0 Å². The van der Waals surface area contributed by atoms with Crippen LogP contribution in [0.4, 0.5) is 0 Å². The van der Waals surface area contributed by atoms with Crippen molar-refractivity contribution >= 4 is 10.9 Å². The Balaban J connectivity index is 2.02. The third-order valence-electron chi connectivity index (χ3n) is 3.48. The van der Waals surface area contributed by atoms with E-state index in [1.54, 1.807) is 0 Å². The molecule has 17 heavy (non-hydrogen) atoms. The largest absolute Gasteiger partial charge is 0.310 e. The molecular formula is C14H16N2O. The number of H-pyrrole nitrogens is 1. The number of para-hydroxylation sites is 1. The first kappa shape index (κ1) is 10.5. The van der Waals surface area contributed by atoms with Gasteiger partial charge in [-0.15, -0.1) is 0 Å². The molecule has 1 atom stereocenters. The highest BCUT2D eigenvalue weighted by Gasteiger charge is 2.25. The topological polar surface area (TPSA) is 45.8 Å². The van der Waals surface area contributed by atoms with Crippen molar-refractivity contribution in [2.75, 3.05) is 0 Å². The number of aromatic amines is 1. The fourth-order valence-electron chi connectivity index (χ4n) is 2.30. The first-order chi connectivity index (χ1) is 8.24. The van der Waals surface area contributed by atoms with Gasteiger partial charge in [0.25, 0.3) is 5.56 Å². The van der Waals surface area contributed by atoms with Crippen molar-refractivity contribution in [3.63, 3.8) is 0 Å². The van der Waals surface area contributed by atoms with Crippen LogP contribution in [0.15, 0.2) is 29.1 Å². The summed E-state index contributed by atoms with van der Waals surface area (Å²) < 4.78 is 0. The van der Waals surface area contributed by atoms with Crippen molar-refractivity contribution < 1.29 is 0 Å². The van der Waals surface area contributed by atoms with Gasteiger partial charge >= 0.3 is 0 Å². The quantitative estimate of drug-likeness (QED) is 0.878. The summed E-state index contributed by atoms with van der Waals surface area (Å²) in [4.78, 5) is 19.4. The third-order valence-corrected chi connectivity index (χ3v) is 3.48. The van der Waals surface area contributed by atoms with E-state index in [0.29, 0.717) is 11.3 Å². The molecule has 0 saturated heterocycles. The van der Waals surface area contributed by atoms with Gasteiger partial charge in [-0.3, -0.25) is 4.79 Å². The van der Waals surface area contributed by atoms with E-state index < -0.39 is 0 Å². The molecule has 1 aromatic carbocycles. The number of fused-ring (bicyclic) bond motifs is 1. The van der Waals surface area contributed by atoms with E-state index in [-0.39, 0.29) is 5.56 Å². The second kappa shape index (κ2) is 3.99. The lowest BCUT2D eigenvalue weighted by Gasteiger charge is -2.10. The third kappa shape index (κ3) is 2.09. The molecule has 0 bridgehead atoms. The zero-order chi connectivity index (χ0) is 11.8. The summed E-state index contributed by atoms with van der Waals surface area (Å²) >= 11 is 0. The van der Waals surface area contributed by atoms with Crippen LogP contribution in [0.2, 0.25) is 0 Å². The summed E-state index contributed by atoms with van der Waals surface area (Å²) in [6.07, 6.45) is 3.81. The van der Waals surface area contributed by atoms with E-state index in [0.717, 1.165) is 23.7 Å². The van der Waals surface area contributed by atoms with Gasteiger partial charge in [-0.05, 0) is 24.5 Å². The minimum atomic E-state index is -0.0201. The monoisotopic (exact) mass is 228 g/mol. The molecule has 88 valence electrons. The van der Waals surface area contributed by atoms with E-state index in [9.17, 15) is 4.79 Å². The molecule has 1 N–H and O–H groups in total. The molecule has 1 heterocycles. The van der Waals surface area contributed by atoms with Crippen LogP contribution in [-0.4, -0.2) is 9.97 Å². The minimum Gasteiger partial charge on any atom is -0.310 e. The fourth-order valence-corrected chi connectivity index (χ4v) is 2.30. The number of aromatic nitrogens is 2. The van der Waals surface area contributed by atoms with Crippen LogP contribution in [0.25, 0.3) is 10.9 Å². The Morgan fingerprint density at radius 2 is 2.18 bits per heavy atom. The fraction of sp³-hybridized carbons (Fsp3) is 0.429. The van der Waals surface area contributed by atoms with E-state index in [2.05, 4.69) is 16.9 Å². The van der Waals surface area contributed by atoms with Crippen molar-refractivity contribution in [2.45, 2.75) is 32.1 Å². The predicted molar refractivity (Wildman–Crippen MR) is 68.1 cm³/mol. The molecule has 1 unspecified atom stereocenters. The number of hydrogen-bond donors (Lipinski definition) is 1. The maximum Gasteiger partial charge on any atom is 0.258 e. The van der Waals surface area contributed by atoms with E-state index in [1.165, 1.54) is 12.8 Å². The molecule has 2 aromatic rings. The first-order valence-corrected chi connectivity index (χ1v) is 6.23. The predicted octanol–water partition coefficient (Wildman–Crippen LogP) is 2.83. The number of rotatable bonds is 3. The standard InChI is InChI=1S/C14H16N2O/c1-9(8-10-6-7-10)13-15-12-5-3-2-4-11(12)14(17)16-13/h2-5,9-10H,6-8H2,1H3,(H,15,16,17). The van der Waals surface area contributed by atoms with Gasteiger partial charge in [0.1, 0.15) is 5.82 Å². The van der Waals surface area contributed by atoms with Crippen LogP contribution in [0, 0.1) is 5.92 Å². The smallest absolute Gasteiger partial charge is 0.258 e. The van der Waals surface area contributed by atoms with Crippen LogP contribution in [0.1, 0.15) is 37.9 Å². The Morgan fingerprint density at radius 1 is 1.41 bits per heavy atom. The molecular weight excluding hydrogens is 212 g/mol. The zero-order valence-corrected chi connectivity index (χ0v) is 9.94. The lowest BCUT2D eigenvalue weighted by atomic mass is 10.0. The number of nitrogens with one attached hydrogen (secondary N) is 1. The number of benzene rings is 1. The van der Waals surface area contributed by atoms with Crippen LogP contribution in [0.3, 0.4) is 0 Å². The summed E-state index contributed by atoms with van der Waals surface area (Å²) in [7, 11) is 0. The van der Waals surface area contributed by atoms with Gasteiger partial charge in [-0.2, -0.15) is 0 Å². The molecule has 0 spiro atoms. The molecule has 3 rings (SSSR count). The minimum absolute atomic E-state index is 0.0201. The molecule has 1 aromatic heterocycles. The Kier molecular flexibility index (Phi) is 2.46. The molecule has 3 nitrogen and oxygen atoms in total. The van der Waals surface area contributed by atoms with Gasteiger partial charge in [0.2, 0.25) is 0 Å². The highest BCUT2D eigenvalue weighted by Crippen LogP contribution is 2.37. The van der Waals surface area contributed by atoms with Gasteiger partial charge in [-0.1, -0.05) is 31.9 Å². The van der Waals surface area contributed by atoms with Gasteiger partial charge in [0.15, 0.2) is 0 Å². The SMILES string of the molecule is CC(CC1CC1)c1nc2ccccc2c(=O)[nH]1. The summed E-state index contributed by atoms with van der Waals surface area (Å²) in [6, 6.07) is 7.51. The maximum atomic E-state index is 11.9. The first-order valence-electron chi connectivity index (χ1n) is 6.23. The average Bonchev–Trinajstić information content (AvgIpc) is 3.13. The van der Waals surface area contributed by atoms with Crippen molar-refractivity contribution in [1.82, 2.24) is 9.97 Å². The van der Waals surface area contributed by atoms with Crippen molar-refractivity contribution in [2.24, 2.45) is 5.92 Å². The number of nitrogens with zero attached hydrogens (tertiary/aromatic N) is 1.